The van der Waals surface area contributed by atoms with E-state index in [1.165, 1.54) is 0 Å². The maximum Gasteiger partial charge on any atom is 0.208 e. The maximum absolute atomic E-state index is 5.55. The number of benzene rings is 2. The Hall–Kier alpha value is -4.14. The maximum atomic E-state index is 5.55. The molecule has 0 aliphatic rings. The van der Waals surface area contributed by atoms with E-state index >= 15 is 0 Å². The van der Waals surface area contributed by atoms with Crippen LogP contribution in [-0.2, 0) is 0 Å². The van der Waals surface area contributed by atoms with Crippen LogP contribution in [0.5, 0.6) is 17.2 Å². The highest BCUT2D eigenvalue weighted by Gasteiger charge is 2.19. The van der Waals surface area contributed by atoms with Crippen molar-refractivity contribution in [3.63, 3.8) is 0 Å². The van der Waals surface area contributed by atoms with Gasteiger partial charge in [-0.15, -0.1) is 0 Å². The van der Waals surface area contributed by atoms with Crippen LogP contribution in [0, 0.1) is 0 Å². The monoisotopic (exact) mass is 448 g/mol. The van der Waals surface area contributed by atoms with Crippen molar-refractivity contribution in [1.29, 1.82) is 0 Å². The van der Waals surface area contributed by atoms with E-state index in [2.05, 4.69) is 37.6 Å². The molecule has 172 valence electrons. The number of nitrogens with one attached hydrogen (secondary N) is 2. The minimum Gasteiger partial charge on any atom is -0.493 e. The molecule has 2 aromatic carbocycles. The molecule has 0 fully saturated rings. The molecule has 0 saturated heterocycles. The van der Waals surface area contributed by atoms with Crippen molar-refractivity contribution in [1.82, 2.24) is 14.5 Å². The van der Waals surface area contributed by atoms with Gasteiger partial charge >= 0.3 is 0 Å². The Morgan fingerprint density at radius 2 is 1.67 bits per heavy atom. The Morgan fingerprint density at radius 3 is 2.27 bits per heavy atom. The molecule has 0 bridgehead atoms. The zero-order valence-corrected chi connectivity index (χ0v) is 19.6. The Morgan fingerprint density at radius 1 is 0.939 bits per heavy atom. The van der Waals surface area contributed by atoms with Crippen LogP contribution >= 0.6 is 0 Å². The van der Waals surface area contributed by atoms with Gasteiger partial charge in [-0.05, 0) is 18.2 Å². The highest BCUT2D eigenvalue weighted by molar-refractivity contribution is 5.84. The van der Waals surface area contributed by atoms with Gasteiger partial charge in [0.25, 0.3) is 0 Å². The number of anilines is 4. The molecule has 0 spiro atoms. The van der Waals surface area contributed by atoms with Crippen molar-refractivity contribution in [2.75, 3.05) is 58.0 Å². The molecular weight excluding hydrogens is 420 g/mol. The fourth-order valence-electron chi connectivity index (χ4n) is 3.68. The van der Waals surface area contributed by atoms with E-state index in [1.54, 1.807) is 27.5 Å². The van der Waals surface area contributed by atoms with Crippen LogP contribution in [-0.4, -0.2) is 57.0 Å². The molecule has 4 rings (SSSR count). The molecule has 0 unspecified atom stereocenters. The Bertz CT molecular complexity index is 1260. The van der Waals surface area contributed by atoms with Gasteiger partial charge in [-0.2, -0.15) is 0 Å². The summed E-state index contributed by atoms with van der Waals surface area (Å²) in [5.41, 5.74) is 4.47. The zero-order chi connectivity index (χ0) is 23.5. The standard InChI is InChI=1S/C24H28N6O3/c1-25-24-28-18-14-26-22(27-15-8-7-9-16(10-15)29(2)3)13-19(18)30(24)17-11-20(31-4)23(33-6)21(12-17)32-5/h7-14H,1-6H3,(H,25,28)(H,26,27). The molecule has 2 aromatic heterocycles. The number of fused-ring (bicyclic) bond motifs is 1. The molecule has 0 aliphatic carbocycles. The van der Waals surface area contributed by atoms with E-state index in [0.717, 1.165) is 28.1 Å². The van der Waals surface area contributed by atoms with E-state index in [9.17, 15) is 0 Å². The molecule has 0 saturated carbocycles. The van der Waals surface area contributed by atoms with Crippen LogP contribution in [0.2, 0.25) is 0 Å². The molecule has 0 aliphatic heterocycles. The Kier molecular flexibility index (Phi) is 6.12. The second kappa shape index (κ2) is 9.15. The van der Waals surface area contributed by atoms with E-state index in [4.69, 9.17) is 14.2 Å². The van der Waals surface area contributed by atoms with Gasteiger partial charge in [-0.3, -0.25) is 4.57 Å². The van der Waals surface area contributed by atoms with Crippen LogP contribution in [0.3, 0.4) is 0 Å². The quantitative estimate of drug-likeness (QED) is 0.413. The average Bonchev–Trinajstić information content (AvgIpc) is 3.21. The van der Waals surface area contributed by atoms with Crippen molar-refractivity contribution in [2.24, 2.45) is 0 Å². The van der Waals surface area contributed by atoms with Crippen molar-refractivity contribution in [3.8, 4) is 22.9 Å². The van der Waals surface area contributed by atoms with Gasteiger partial charge in [-0.25, -0.2) is 9.97 Å². The second-order valence-electron chi connectivity index (χ2n) is 7.53. The van der Waals surface area contributed by atoms with Gasteiger partial charge in [0.05, 0.1) is 38.7 Å². The van der Waals surface area contributed by atoms with Crippen molar-refractivity contribution in [3.05, 3.63) is 48.7 Å². The number of aromatic nitrogens is 3. The number of hydrogen-bond acceptors (Lipinski definition) is 8. The molecule has 4 aromatic rings. The smallest absolute Gasteiger partial charge is 0.208 e. The average molecular weight is 449 g/mol. The molecule has 0 amide bonds. The third-order valence-corrected chi connectivity index (χ3v) is 5.31. The lowest BCUT2D eigenvalue weighted by Crippen LogP contribution is -2.08. The predicted molar refractivity (Wildman–Crippen MR) is 132 cm³/mol. The van der Waals surface area contributed by atoms with Gasteiger partial charge in [0.15, 0.2) is 11.5 Å². The molecule has 2 N–H and O–H groups in total. The SMILES string of the molecule is CNc1nc2cnc(Nc3cccc(N(C)C)c3)cc2n1-c1cc(OC)c(OC)c(OC)c1. The van der Waals surface area contributed by atoms with Crippen molar-refractivity contribution >= 4 is 34.2 Å². The summed E-state index contributed by atoms with van der Waals surface area (Å²) in [6.07, 6.45) is 1.75. The summed E-state index contributed by atoms with van der Waals surface area (Å²) in [4.78, 5) is 11.3. The van der Waals surface area contributed by atoms with Gasteiger partial charge in [-0.1, -0.05) is 6.07 Å². The lowest BCUT2D eigenvalue weighted by atomic mass is 10.2. The molecule has 2 heterocycles. The van der Waals surface area contributed by atoms with E-state index < -0.39 is 0 Å². The van der Waals surface area contributed by atoms with Gasteiger partial charge in [0.2, 0.25) is 11.7 Å². The van der Waals surface area contributed by atoms with Gasteiger partial charge in [0.1, 0.15) is 11.3 Å². The number of hydrogen-bond donors (Lipinski definition) is 2. The zero-order valence-electron chi connectivity index (χ0n) is 19.6. The summed E-state index contributed by atoms with van der Waals surface area (Å²) in [6.45, 7) is 0. The lowest BCUT2D eigenvalue weighted by molar-refractivity contribution is 0.324. The van der Waals surface area contributed by atoms with Crippen LogP contribution < -0.4 is 29.7 Å². The van der Waals surface area contributed by atoms with Gasteiger partial charge < -0.3 is 29.7 Å². The molecular formula is C24H28N6O3. The number of rotatable bonds is 8. The topological polar surface area (TPSA) is 85.7 Å². The first kappa shape index (κ1) is 22.1. The minimum absolute atomic E-state index is 0.531. The number of pyridine rings is 1. The molecule has 0 radical (unpaired) electrons. The fourth-order valence-corrected chi connectivity index (χ4v) is 3.68. The highest BCUT2D eigenvalue weighted by atomic mass is 16.5. The molecule has 33 heavy (non-hydrogen) atoms. The van der Waals surface area contributed by atoms with Crippen LogP contribution in [0.1, 0.15) is 0 Å². The molecule has 9 heteroatoms. The summed E-state index contributed by atoms with van der Waals surface area (Å²) in [6, 6.07) is 13.9. The first-order chi connectivity index (χ1) is 16.0. The van der Waals surface area contributed by atoms with Crippen molar-refractivity contribution < 1.29 is 14.2 Å². The summed E-state index contributed by atoms with van der Waals surface area (Å²) in [5.74, 6) is 3.01. The first-order valence-electron chi connectivity index (χ1n) is 10.4. The van der Waals surface area contributed by atoms with Gasteiger partial charge in [0, 0.05) is 50.7 Å². The second-order valence-corrected chi connectivity index (χ2v) is 7.53. The normalized spacial score (nSPS) is 10.7. The highest BCUT2D eigenvalue weighted by Crippen LogP contribution is 2.40. The largest absolute Gasteiger partial charge is 0.493 e. The third kappa shape index (κ3) is 4.17. The number of ether oxygens (including phenoxy) is 3. The summed E-state index contributed by atoms with van der Waals surface area (Å²) >= 11 is 0. The fraction of sp³-hybridized carbons (Fsp3) is 0.250. The van der Waals surface area contributed by atoms with Crippen LogP contribution in [0.25, 0.3) is 16.7 Å². The Balaban J connectivity index is 1.83. The van der Waals surface area contributed by atoms with E-state index in [1.807, 2.05) is 56.0 Å². The lowest BCUT2D eigenvalue weighted by Gasteiger charge is -2.16. The minimum atomic E-state index is 0.531. The predicted octanol–water partition coefficient (Wildman–Crippen LogP) is 4.30. The number of imidazole rings is 1. The third-order valence-electron chi connectivity index (χ3n) is 5.31. The summed E-state index contributed by atoms with van der Waals surface area (Å²) in [5, 5.41) is 6.55. The van der Waals surface area contributed by atoms with Crippen molar-refractivity contribution in [2.45, 2.75) is 0 Å². The van der Waals surface area contributed by atoms with E-state index in [-0.39, 0.29) is 0 Å². The summed E-state index contributed by atoms with van der Waals surface area (Å²) < 4.78 is 18.6. The first-order valence-corrected chi connectivity index (χ1v) is 10.4. The number of nitrogens with zero attached hydrogens (tertiary/aromatic N) is 4. The number of methoxy groups -OCH3 is 3. The Labute approximate surface area is 192 Å². The molecule has 9 nitrogen and oxygen atoms in total. The molecule has 0 atom stereocenters. The van der Waals surface area contributed by atoms with E-state index in [0.29, 0.717) is 29.0 Å². The van der Waals surface area contributed by atoms with Crippen LogP contribution in [0.4, 0.5) is 23.1 Å². The summed E-state index contributed by atoms with van der Waals surface area (Å²) in [7, 11) is 10.6. The van der Waals surface area contributed by atoms with Crippen LogP contribution in [0.15, 0.2) is 48.7 Å².